The third-order valence-electron chi connectivity index (χ3n) is 3.16. The van der Waals surface area contributed by atoms with Gasteiger partial charge in [0, 0.05) is 7.05 Å². The Morgan fingerprint density at radius 2 is 2.00 bits per heavy atom. The highest BCUT2D eigenvalue weighted by Crippen LogP contribution is 2.26. The molecule has 0 saturated carbocycles. The van der Waals surface area contributed by atoms with Crippen molar-refractivity contribution in [2.45, 2.75) is 18.9 Å². The van der Waals surface area contributed by atoms with Gasteiger partial charge in [-0.25, -0.2) is 9.86 Å². The molecule has 1 aromatic rings. The van der Waals surface area contributed by atoms with Gasteiger partial charge in [0.05, 0.1) is 30.7 Å². The Morgan fingerprint density at radius 1 is 1.43 bits per heavy atom. The maximum atomic E-state index is 12.0. The summed E-state index contributed by atoms with van der Waals surface area (Å²) in [6.07, 6.45) is -1.36. The predicted molar refractivity (Wildman–Crippen MR) is 74.1 cm³/mol. The monoisotopic (exact) mass is 291 g/mol. The van der Waals surface area contributed by atoms with E-state index >= 15 is 0 Å². The lowest BCUT2D eigenvalue weighted by Gasteiger charge is -2.30. The average molecular weight is 291 g/mol. The lowest BCUT2D eigenvalue weighted by atomic mass is 9.87. The van der Waals surface area contributed by atoms with E-state index in [-0.39, 0.29) is 12.3 Å². The summed E-state index contributed by atoms with van der Waals surface area (Å²) in [5, 5.41) is 21.2. The summed E-state index contributed by atoms with van der Waals surface area (Å²) >= 11 is 0. The van der Waals surface area contributed by atoms with Crippen molar-refractivity contribution in [2.75, 3.05) is 14.2 Å². The Kier molecular flexibility index (Phi) is 5.27. The van der Waals surface area contributed by atoms with E-state index < -0.39 is 11.6 Å². The summed E-state index contributed by atoms with van der Waals surface area (Å²) in [6, 6.07) is 8.36. The molecule has 0 aliphatic carbocycles. The fraction of sp³-hybridized carbons (Fsp3) is 0.357. The Labute approximate surface area is 122 Å². The molecule has 0 saturated heterocycles. The summed E-state index contributed by atoms with van der Waals surface area (Å²) in [7, 11) is 2.80. The molecule has 1 rings (SSSR count). The van der Waals surface area contributed by atoms with Crippen LogP contribution in [0.3, 0.4) is 0 Å². The van der Waals surface area contributed by atoms with Gasteiger partial charge in [0.25, 0.3) is 0 Å². The molecule has 7 nitrogen and oxygen atoms in total. The first-order valence-electron chi connectivity index (χ1n) is 6.15. The van der Waals surface area contributed by atoms with Gasteiger partial charge in [0.1, 0.15) is 0 Å². The molecule has 0 heterocycles. The number of hydroxylamine groups is 2. The maximum Gasteiger partial charge on any atom is 0.405 e. The quantitative estimate of drug-likeness (QED) is 0.799. The number of carboxylic acid groups (broad SMARTS) is 1. The summed E-state index contributed by atoms with van der Waals surface area (Å²) in [5.41, 5.74) is -0.0810. The molecule has 0 bridgehead atoms. The fourth-order valence-electron chi connectivity index (χ4n) is 1.88. The van der Waals surface area contributed by atoms with Crippen LogP contribution in [0.15, 0.2) is 24.3 Å². The molecule has 2 amide bonds. The first-order valence-corrected chi connectivity index (χ1v) is 6.15. The number of nitrogens with zero attached hydrogens (tertiary/aromatic N) is 2. The van der Waals surface area contributed by atoms with E-state index in [1.165, 1.54) is 14.2 Å². The first kappa shape index (κ1) is 16.5. The van der Waals surface area contributed by atoms with Gasteiger partial charge >= 0.3 is 6.09 Å². The van der Waals surface area contributed by atoms with Crippen LogP contribution >= 0.6 is 0 Å². The molecule has 0 fully saturated rings. The van der Waals surface area contributed by atoms with Crippen molar-refractivity contribution in [3.63, 3.8) is 0 Å². The van der Waals surface area contributed by atoms with Crippen molar-refractivity contribution < 1.29 is 19.5 Å². The van der Waals surface area contributed by atoms with Crippen LogP contribution in [0.1, 0.15) is 24.5 Å². The van der Waals surface area contributed by atoms with Gasteiger partial charge in [-0.1, -0.05) is 12.1 Å². The second-order valence-electron chi connectivity index (χ2n) is 4.70. The SMILES string of the molecule is CON(C)C(=O)C[C@@](C)(NC(=O)O)c1ccc(C#N)cc1. The summed E-state index contributed by atoms with van der Waals surface area (Å²) < 4.78 is 0. The minimum absolute atomic E-state index is 0.116. The number of nitrogens with one attached hydrogen (secondary N) is 1. The average Bonchev–Trinajstić information content (AvgIpc) is 2.45. The number of carbonyl (C=O) groups is 2. The van der Waals surface area contributed by atoms with Crippen molar-refractivity contribution in [1.29, 1.82) is 5.26 Å². The first-order chi connectivity index (χ1) is 9.82. The van der Waals surface area contributed by atoms with Crippen LogP contribution in [0.25, 0.3) is 0 Å². The largest absolute Gasteiger partial charge is 0.465 e. The number of hydrogen-bond acceptors (Lipinski definition) is 4. The van der Waals surface area contributed by atoms with Gasteiger partial charge < -0.3 is 10.4 Å². The lowest BCUT2D eigenvalue weighted by Crippen LogP contribution is -2.46. The van der Waals surface area contributed by atoms with Crippen LogP contribution < -0.4 is 5.32 Å². The molecular formula is C14H17N3O4. The van der Waals surface area contributed by atoms with Crippen molar-refractivity contribution >= 4 is 12.0 Å². The number of amides is 2. The molecule has 0 aliphatic heterocycles. The van der Waals surface area contributed by atoms with Gasteiger partial charge in [-0.3, -0.25) is 9.63 Å². The lowest BCUT2D eigenvalue weighted by molar-refractivity contribution is -0.170. The van der Waals surface area contributed by atoms with Gasteiger partial charge in [-0.2, -0.15) is 5.26 Å². The van der Waals surface area contributed by atoms with Gasteiger partial charge in [-0.15, -0.1) is 0 Å². The molecule has 0 spiro atoms. The van der Waals surface area contributed by atoms with Crippen LogP contribution in [0, 0.1) is 11.3 Å². The standard InChI is InChI=1S/C14H17N3O4/c1-14(16-13(19)20,8-12(18)17(2)21-3)11-6-4-10(9-15)5-7-11/h4-7,16H,8H2,1-3H3,(H,19,20)/t14-/m1/s1. The summed E-state index contributed by atoms with van der Waals surface area (Å²) in [6.45, 7) is 1.60. The second kappa shape index (κ2) is 6.72. The number of benzene rings is 1. The van der Waals surface area contributed by atoms with E-state index in [0.717, 1.165) is 5.06 Å². The molecule has 21 heavy (non-hydrogen) atoms. The van der Waals surface area contributed by atoms with Crippen LogP contribution in [0.5, 0.6) is 0 Å². The molecule has 0 unspecified atom stereocenters. The smallest absolute Gasteiger partial charge is 0.405 e. The van der Waals surface area contributed by atoms with Gasteiger partial charge in [0.2, 0.25) is 5.91 Å². The highest BCUT2D eigenvalue weighted by Gasteiger charge is 2.32. The molecule has 2 N–H and O–H groups in total. The molecule has 0 aliphatic rings. The zero-order chi connectivity index (χ0) is 16.0. The highest BCUT2D eigenvalue weighted by atomic mass is 16.7. The summed E-state index contributed by atoms with van der Waals surface area (Å²) in [4.78, 5) is 27.8. The van der Waals surface area contributed by atoms with E-state index in [4.69, 9.17) is 15.2 Å². The second-order valence-corrected chi connectivity index (χ2v) is 4.70. The number of hydrogen-bond donors (Lipinski definition) is 2. The third-order valence-corrected chi connectivity index (χ3v) is 3.16. The Hall–Kier alpha value is -2.59. The van der Waals surface area contributed by atoms with E-state index in [1.54, 1.807) is 31.2 Å². The van der Waals surface area contributed by atoms with Crippen LogP contribution in [-0.2, 0) is 15.2 Å². The third kappa shape index (κ3) is 4.19. The van der Waals surface area contributed by atoms with Crippen molar-refractivity contribution in [2.24, 2.45) is 0 Å². The Morgan fingerprint density at radius 3 is 2.43 bits per heavy atom. The number of nitriles is 1. The maximum absolute atomic E-state index is 12.0. The van der Waals surface area contributed by atoms with Crippen molar-refractivity contribution in [1.82, 2.24) is 10.4 Å². The molecular weight excluding hydrogens is 274 g/mol. The minimum Gasteiger partial charge on any atom is -0.465 e. The van der Waals surface area contributed by atoms with Gasteiger partial charge in [-0.05, 0) is 24.6 Å². The number of rotatable bonds is 5. The zero-order valence-electron chi connectivity index (χ0n) is 12.1. The van der Waals surface area contributed by atoms with Crippen LogP contribution in [-0.4, -0.2) is 36.3 Å². The summed E-state index contributed by atoms with van der Waals surface area (Å²) in [5.74, 6) is -0.377. The zero-order valence-corrected chi connectivity index (χ0v) is 12.1. The molecule has 1 atom stereocenters. The molecule has 1 aromatic carbocycles. The minimum atomic E-state index is -1.24. The van der Waals surface area contributed by atoms with E-state index in [1.807, 2.05) is 6.07 Å². The van der Waals surface area contributed by atoms with E-state index in [2.05, 4.69) is 5.32 Å². The van der Waals surface area contributed by atoms with Crippen molar-refractivity contribution in [3.05, 3.63) is 35.4 Å². The number of carbonyl (C=O) groups excluding carboxylic acids is 1. The Bertz CT molecular complexity index is 565. The topological polar surface area (TPSA) is 103 Å². The highest BCUT2D eigenvalue weighted by molar-refractivity contribution is 5.78. The van der Waals surface area contributed by atoms with Crippen LogP contribution in [0.2, 0.25) is 0 Å². The fourth-order valence-corrected chi connectivity index (χ4v) is 1.88. The Balaban J connectivity index is 3.10. The van der Waals surface area contributed by atoms with Crippen LogP contribution in [0.4, 0.5) is 4.79 Å². The molecule has 0 radical (unpaired) electrons. The molecule has 112 valence electrons. The van der Waals surface area contributed by atoms with E-state index in [0.29, 0.717) is 11.1 Å². The van der Waals surface area contributed by atoms with E-state index in [9.17, 15) is 9.59 Å². The molecule has 0 aromatic heterocycles. The molecule has 7 heteroatoms. The van der Waals surface area contributed by atoms with Gasteiger partial charge in [0.15, 0.2) is 0 Å². The normalized spacial score (nSPS) is 12.9. The van der Waals surface area contributed by atoms with Crippen molar-refractivity contribution in [3.8, 4) is 6.07 Å². The predicted octanol–water partition coefficient (Wildman–Crippen LogP) is 1.45.